The van der Waals surface area contributed by atoms with Crippen LogP contribution in [0.25, 0.3) is 0 Å². The first-order chi connectivity index (χ1) is 9.51. The van der Waals surface area contributed by atoms with Crippen LogP contribution in [-0.2, 0) is 0 Å². The van der Waals surface area contributed by atoms with Gasteiger partial charge in [-0.15, -0.1) is 0 Å². The van der Waals surface area contributed by atoms with Crippen molar-refractivity contribution in [2.45, 2.75) is 13.0 Å². The Labute approximate surface area is 135 Å². The maximum absolute atomic E-state index is 5.85. The van der Waals surface area contributed by atoms with Crippen molar-refractivity contribution in [2.75, 3.05) is 7.11 Å². The fourth-order valence-electron chi connectivity index (χ4n) is 1.71. The predicted octanol–water partition coefficient (Wildman–Crippen LogP) is 5.03. The summed E-state index contributed by atoms with van der Waals surface area (Å²) in [6, 6.07) is 11.5. The quantitative estimate of drug-likeness (QED) is 0.782. The molecule has 0 amide bonds. The molecule has 5 heteroatoms. The summed E-state index contributed by atoms with van der Waals surface area (Å²) in [5.41, 5.74) is 6.90. The van der Waals surface area contributed by atoms with Crippen LogP contribution in [0.15, 0.2) is 45.3 Å². The Morgan fingerprint density at radius 2 is 1.55 bits per heavy atom. The van der Waals surface area contributed by atoms with Crippen LogP contribution in [0.3, 0.4) is 0 Å². The average molecular weight is 401 g/mol. The molecule has 0 aliphatic carbocycles. The summed E-state index contributed by atoms with van der Waals surface area (Å²) in [7, 11) is 1.62. The molecule has 0 aliphatic heterocycles. The normalized spacial score (nSPS) is 12.1. The van der Waals surface area contributed by atoms with Gasteiger partial charge in [-0.25, -0.2) is 0 Å². The van der Waals surface area contributed by atoms with Gasteiger partial charge in [0, 0.05) is 6.04 Å². The highest BCUT2D eigenvalue weighted by atomic mass is 79.9. The summed E-state index contributed by atoms with van der Waals surface area (Å²) >= 11 is 6.91. The topological polar surface area (TPSA) is 44.5 Å². The highest BCUT2D eigenvalue weighted by Crippen LogP contribution is 2.38. The van der Waals surface area contributed by atoms with E-state index >= 15 is 0 Å². The Bertz CT molecular complexity index is 598. The van der Waals surface area contributed by atoms with Gasteiger partial charge in [-0.1, -0.05) is 12.1 Å². The van der Waals surface area contributed by atoms with Gasteiger partial charge in [-0.2, -0.15) is 0 Å². The molecule has 2 rings (SSSR count). The molecule has 0 saturated heterocycles. The van der Waals surface area contributed by atoms with E-state index in [-0.39, 0.29) is 6.04 Å². The van der Waals surface area contributed by atoms with Crippen molar-refractivity contribution in [1.82, 2.24) is 0 Å². The first-order valence-corrected chi connectivity index (χ1v) is 7.66. The molecule has 2 N–H and O–H groups in total. The standard InChI is InChI=1S/C15H15Br2NO2/c1-9(18)10-3-5-11(6-4-10)20-15-8-12(16)14(19-2)7-13(15)17/h3-9H,18H2,1-2H3. The molecule has 0 fully saturated rings. The summed E-state index contributed by atoms with van der Waals surface area (Å²) in [6.45, 7) is 1.95. The largest absolute Gasteiger partial charge is 0.496 e. The zero-order chi connectivity index (χ0) is 14.7. The fraction of sp³-hybridized carbons (Fsp3) is 0.200. The maximum Gasteiger partial charge on any atom is 0.143 e. The maximum atomic E-state index is 5.85. The second-order valence-corrected chi connectivity index (χ2v) is 6.09. The summed E-state index contributed by atoms with van der Waals surface area (Å²) in [5, 5.41) is 0. The Kier molecular flexibility index (Phi) is 5.07. The van der Waals surface area contributed by atoms with Gasteiger partial charge in [0.2, 0.25) is 0 Å². The van der Waals surface area contributed by atoms with Gasteiger partial charge >= 0.3 is 0 Å². The molecule has 106 valence electrons. The van der Waals surface area contributed by atoms with Crippen molar-refractivity contribution < 1.29 is 9.47 Å². The number of benzene rings is 2. The van der Waals surface area contributed by atoms with Crippen molar-refractivity contribution in [2.24, 2.45) is 5.73 Å². The Balaban J connectivity index is 2.23. The summed E-state index contributed by atoms with van der Waals surface area (Å²) in [5.74, 6) is 2.22. The van der Waals surface area contributed by atoms with E-state index in [2.05, 4.69) is 31.9 Å². The van der Waals surface area contributed by atoms with Crippen molar-refractivity contribution in [3.63, 3.8) is 0 Å². The number of rotatable bonds is 4. The molecular weight excluding hydrogens is 386 g/mol. The third-order valence-corrected chi connectivity index (χ3v) is 4.08. The van der Waals surface area contributed by atoms with Crippen molar-refractivity contribution in [1.29, 1.82) is 0 Å². The number of nitrogens with two attached hydrogens (primary N) is 1. The lowest BCUT2D eigenvalue weighted by atomic mass is 10.1. The van der Waals surface area contributed by atoms with Crippen LogP contribution in [0.4, 0.5) is 0 Å². The first kappa shape index (κ1) is 15.4. The molecule has 1 unspecified atom stereocenters. The lowest BCUT2D eigenvalue weighted by Gasteiger charge is -2.12. The second-order valence-electron chi connectivity index (χ2n) is 4.38. The molecule has 0 aliphatic rings. The van der Waals surface area contributed by atoms with Gasteiger partial charge in [0.1, 0.15) is 17.2 Å². The van der Waals surface area contributed by atoms with Gasteiger partial charge in [0.15, 0.2) is 0 Å². The average Bonchev–Trinajstić information content (AvgIpc) is 2.43. The monoisotopic (exact) mass is 399 g/mol. The minimum absolute atomic E-state index is 0.0194. The van der Waals surface area contributed by atoms with Crippen LogP contribution in [-0.4, -0.2) is 7.11 Å². The molecular formula is C15H15Br2NO2. The van der Waals surface area contributed by atoms with E-state index in [1.807, 2.05) is 43.3 Å². The third-order valence-electron chi connectivity index (χ3n) is 2.84. The van der Waals surface area contributed by atoms with Crippen LogP contribution in [0.5, 0.6) is 17.2 Å². The first-order valence-electron chi connectivity index (χ1n) is 6.07. The van der Waals surface area contributed by atoms with E-state index in [1.54, 1.807) is 7.11 Å². The molecule has 2 aromatic rings. The molecule has 2 aromatic carbocycles. The van der Waals surface area contributed by atoms with E-state index in [1.165, 1.54) is 0 Å². The molecule has 0 radical (unpaired) electrons. The van der Waals surface area contributed by atoms with E-state index in [0.717, 1.165) is 26.0 Å². The zero-order valence-electron chi connectivity index (χ0n) is 11.2. The highest BCUT2D eigenvalue weighted by molar-refractivity contribution is 9.11. The molecule has 20 heavy (non-hydrogen) atoms. The van der Waals surface area contributed by atoms with Gasteiger partial charge in [-0.05, 0) is 68.6 Å². The van der Waals surface area contributed by atoms with Crippen LogP contribution in [0.2, 0.25) is 0 Å². The van der Waals surface area contributed by atoms with E-state index in [4.69, 9.17) is 15.2 Å². The van der Waals surface area contributed by atoms with Crippen LogP contribution < -0.4 is 15.2 Å². The SMILES string of the molecule is COc1cc(Br)c(Oc2ccc(C(C)N)cc2)cc1Br. The Morgan fingerprint density at radius 1 is 1.00 bits per heavy atom. The number of hydrogen-bond acceptors (Lipinski definition) is 3. The summed E-state index contributed by atoms with van der Waals surface area (Å²) in [6.07, 6.45) is 0. The second kappa shape index (κ2) is 6.61. The molecule has 3 nitrogen and oxygen atoms in total. The molecule has 0 aromatic heterocycles. The third kappa shape index (κ3) is 3.53. The zero-order valence-corrected chi connectivity index (χ0v) is 14.4. The summed E-state index contributed by atoms with van der Waals surface area (Å²) in [4.78, 5) is 0. The number of halogens is 2. The van der Waals surface area contributed by atoms with E-state index in [0.29, 0.717) is 5.75 Å². The van der Waals surface area contributed by atoms with Crippen LogP contribution in [0.1, 0.15) is 18.5 Å². The van der Waals surface area contributed by atoms with Crippen molar-refractivity contribution in [3.05, 3.63) is 50.9 Å². The fourth-order valence-corrected chi connectivity index (χ4v) is 2.60. The van der Waals surface area contributed by atoms with Crippen molar-refractivity contribution in [3.8, 4) is 17.2 Å². The van der Waals surface area contributed by atoms with Gasteiger partial charge in [0.05, 0.1) is 16.1 Å². The lowest BCUT2D eigenvalue weighted by Crippen LogP contribution is -2.04. The van der Waals surface area contributed by atoms with Crippen LogP contribution >= 0.6 is 31.9 Å². The van der Waals surface area contributed by atoms with Gasteiger partial charge in [0.25, 0.3) is 0 Å². The van der Waals surface area contributed by atoms with Crippen LogP contribution in [0, 0.1) is 0 Å². The van der Waals surface area contributed by atoms with Gasteiger partial charge in [-0.3, -0.25) is 0 Å². The Morgan fingerprint density at radius 3 is 2.10 bits per heavy atom. The van der Waals surface area contributed by atoms with E-state index in [9.17, 15) is 0 Å². The Hall–Kier alpha value is -1.04. The molecule has 1 atom stereocenters. The van der Waals surface area contributed by atoms with E-state index < -0.39 is 0 Å². The minimum Gasteiger partial charge on any atom is -0.496 e. The highest BCUT2D eigenvalue weighted by Gasteiger charge is 2.09. The summed E-state index contributed by atoms with van der Waals surface area (Å²) < 4.78 is 12.7. The smallest absolute Gasteiger partial charge is 0.143 e. The molecule has 0 heterocycles. The predicted molar refractivity (Wildman–Crippen MR) is 87.5 cm³/mol. The van der Waals surface area contributed by atoms with Crippen molar-refractivity contribution >= 4 is 31.9 Å². The lowest BCUT2D eigenvalue weighted by molar-refractivity contribution is 0.409. The number of hydrogen-bond donors (Lipinski definition) is 1. The number of ether oxygens (including phenoxy) is 2. The molecule has 0 spiro atoms. The van der Waals surface area contributed by atoms with Gasteiger partial charge < -0.3 is 15.2 Å². The molecule has 0 bridgehead atoms. The molecule has 0 saturated carbocycles. The minimum atomic E-state index is 0.0194. The number of methoxy groups -OCH3 is 1.